The van der Waals surface area contributed by atoms with E-state index in [9.17, 15) is 18.5 Å². The van der Waals surface area contributed by atoms with E-state index < -0.39 is 7.27 Å². The Labute approximate surface area is 133 Å². The number of phenolic OH excluding ortho intramolecular Hbond substituents is 1. The Morgan fingerprint density at radius 1 is 1.35 bits per heavy atom. The van der Waals surface area contributed by atoms with Crippen LogP contribution >= 0.6 is 0 Å². The number of amides is 1. The van der Waals surface area contributed by atoms with Crippen LogP contribution in [0.2, 0.25) is 0 Å². The lowest BCUT2D eigenvalue weighted by Crippen LogP contribution is -2.27. The highest BCUT2D eigenvalue weighted by molar-refractivity contribution is 6.61. The molecule has 0 spiro atoms. The number of nitrogens with zero attached hydrogens (tertiary/aromatic N) is 3. The first-order valence-corrected chi connectivity index (χ1v) is 6.83. The number of hydrogen-bond acceptors (Lipinski definition) is 4. The van der Waals surface area contributed by atoms with Crippen LogP contribution in [0, 0.1) is 0 Å². The average molecular weight is 319 g/mol. The summed E-state index contributed by atoms with van der Waals surface area (Å²) in [6.07, 6.45) is 4.69. The zero-order valence-corrected chi connectivity index (χ0v) is 13.0. The predicted octanol–water partition coefficient (Wildman–Crippen LogP) is 1.31. The van der Waals surface area contributed by atoms with Crippen LogP contribution in [0.1, 0.15) is 5.56 Å². The van der Waals surface area contributed by atoms with Gasteiger partial charge in [0.15, 0.2) is 0 Å². The van der Waals surface area contributed by atoms with Crippen molar-refractivity contribution in [3.05, 3.63) is 41.7 Å². The van der Waals surface area contributed by atoms with E-state index in [1.165, 1.54) is 23.1 Å². The minimum atomic E-state index is -2.76. The van der Waals surface area contributed by atoms with E-state index in [0.29, 0.717) is 5.84 Å². The van der Waals surface area contributed by atoms with Crippen LogP contribution < -0.4 is 5.46 Å². The van der Waals surface area contributed by atoms with Crippen molar-refractivity contribution in [3.63, 3.8) is 0 Å². The predicted molar refractivity (Wildman–Crippen MR) is 86.7 cm³/mol. The number of benzene rings is 1. The zero-order chi connectivity index (χ0) is 17.1. The average Bonchev–Trinajstić information content (AvgIpc) is 2.74. The van der Waals surface area contributed by atoms with Crippen LogP contribution in [-0.4, -0.2) is 55.1 Å². The van der Waals surface area contributed by atoms with Crippen molar-refractivity contribution in [2.75, 3.05) is 21.1 Å². The van der Waals surface area contributed by atoms with Crippen LogP contribution in [0.3, 0.4) is 0 Å². The molecule has 1 N–H and O–H groups in total. The molecule has 0 aliphatic carbocycles. The van der Waals surface area contributed by atoms with Gasteiger partial charge < -0.3 is 10.0 Å². The second-order valence-corrected chi connectivity index (χ2v) is 5.26. The Hall–Kier alpha value is -2.64. The lowest BCUT2D eigenvalue weighted by Gasteiger charge is -2.09. The van der Waals surface area contributed by atoms with E-state index in [2.05, 4.69) is 4.99 Å². The molecule has 8 heteroatoms. The fraction of sp³-hybridized carbons (Fsp3) is 0.200. The molecule has 5 nitrogen and oxygen atoms in total. The van der Waals surface area contributed by atoms with Gasteiger partial charge in [-0.15, -0.1) is 0 Å². The lowest BCUT2D eigenvalue weighted by atomic mass is 9.81. The van der Waals surface area contributed by atoms with Crippen molar-refractivity contribution < 1.29 is 18.5 Å². The van der Waals surface area contributed by atoms with Gasteiger partial charge in [-0.05, 0) is 29.8 Å². The van der Waals surface area contributed by atoms with E-state index in [-0.39, 0.29) is 28.4 Å². The van der Waals surface area contributed by atoms with Crippen LogP contribution in [-0.2, 0) is 4.79 Å². The quantitative estimate of drug-likeness (QED) is 0.673. The molecule has 1 amide bonds. The zero-order valence-electron chi connectivity index (χ0n) is 13.0. The van der Waals surface area contributed by atoms with Gasteiger partial charge in [0.25, 0.3) is 5.91 Å². The van der Waals surface area contributed by atoms with E-state index in [4.69, 9.17) is 0 Å². The molecule has 1 aromatic rings. The second kappa shape index (κ2) is 6.64. The Bertz CT molecular complexity index is 715. The summed E-state index contributed by atoms with van der Waals surface area (Å²) in [6.45, 7) is 0. The third-order valence-corrected chi connectivity index (χ3v) is 3.22. The lowest BCUT2D eigenvalue weighted by molar-refractivity contribution is -0.121. The van der Waals surface area contributed by atoms with Crippen molar-refractivity contribution in [1.29, 1.82) is 0 Å². The van der Waals surface area contributed by atoms with Crippen molar-refractivity contribution in [3.8, 4) is 5.75 Å². The van der Waals surface area contributed by atoms with Crippen molar-refractivity contribution in [1.82, 2.24) is 9.80 Å². The van der Waals surface area contributed by atoms with Crippen LogP contribution in [0.4, 0.5) is 8.63 Å². The molecule has 120 valence electrons. The number of likely N-dealkylation sites (N-methyl/N-ethyl adjacent to an activating group) is 1. The maximum absolute atomic E-state index is 13.1. The molecule has 0 unspecified atom stereocenters. The maximum atomic E-state index is 13.1. The Morgan fingerprint density at radius 3 is 2.65 bits per heavy atom. The standard InChI is InChI=1S/C15H16BF2N3O2/c1-20(2)7-6-14-19-13(15(23)21(14)3)8-10-4-5-11(22)9-12(10)16(17)18/h4-9,22H,1-3H3. The number of carbonyl (C=O) groups excluding carboxylic acids is 1. The van der Waals surface area contributed by atoms with Crippen LogP contribution in [0.25, 0.3) is 6.08 Å². The van der Waals surface area contributed by atoms with Crippen LogP contribution in [0.5, 0.6) is 5.75 Å². The molecule has 1 heterocycles. The minimum absolute atomic E-state index is 0.0681. The molecular formula is C15H16BF2N3O2. The number of carbonyl (C=O) groups is 1. The fourth-order valence-electron chi connectivity index (χ4n) is 2.01. The third kappa shape index (κ3) is 3.77. The van der Waals surface area contributed by atoms with Gasteiger partial charge >= 0.3 is 7.27 Å². The molecule has 0 bridgehead atoms. The molecule has 2 rings (SSSR count). The minimum Gasteiger partial charge on any atom is -0.508 e. The number of hydrogen-bond donors (Lipinski definition) is 1. The SMILES string of the molecule is CN(C)C=CC1=NC(=Cc2ccc(O)cc2B(F)F)C(=O)N1C. The molecule has 0 atom stereocenters. The Balaban J connectivity index is 2.42. The van der Waals surface area contributed by atoms with Gasteiger partial charge in [-0.3, -0.25) is 18.3 Å². The number of rotatable bonds is 4. The highest BCUT2D eigenvalue weighted by Gasteiger charge is 2.27. The van der Waals surface area contributed by atoms with Gasteiger partial charge in [0.2, 0.25) is 0 Å². The van der Waals surface area contributed by atoms with Gasteiger partial charge in [0.05, 0.1) is 0 Å². The van der Waals surface area contributed by atoms with E-state index in [1.807, 2.05) is 14.1 Å². The summed E-state index contributed by atoms with van der Waals surface area (Å²) in [5.41, 5.74) is -0.130. The monoisotopic (exact) mass is 319 g/mol. The maximum Gasteiger partial charge on any atom is 0.572 e. The van der Waals surface area contributed by atoms with Crippen molar-refractivity contribution >= 4 is 30.5 Å². The molecule has 1 aliphatic rings. The largest absolute Gasteiger partial charge is 0.572 e. The summed E-state index contributed by atoms with van der Waals surface area (Å²) in [6, 6.07) is 3.61. The second-order valence-electron chi connectivity index (χ2n) is 5.26. The highest BCUT2D eigenvalue weighted by atomic mass is 19.2. The van der Waals surface area contributed by atoms with Crippen molar-refractivity contribution in [2.45, 2.75) is 0 Å². The number of halogens is 2. The van der Waals surface area contributed by atoms with E-state index >= 15 is 0 Å². The molecule has 0 aromatic heterocycles. The van der Waals surface area contributed by atoms with Crippen LogP contribution in [0.15, 0.2) is 41.2 Å². The number of aromatic hydroxyl groups is 1. The summed E-state index contributed by atoms with van der Waals surface area (Å²) in [7, 11) is 2.46. The van der Waals surface area contributed by atoms with Gasteiger partial charge in [0.1, 0.15) is 17.3 Å². The normalized spacial score (nSPS) is 16.4. The Morgan fingerprint density at radius 2 is 2.04 bits per heavy atom. The summed E-state index contributed by atoms with van der Waals surface area (Å²) in [4.78, 5) is 19.5. The molecule has 0 saturated heterocycles. The first-order valence-electron chi connectivity index (χ1n) is 6.83. The fourth-order valence-corrected chi connectivity index (χ4v) is 2.01. The smallest absolute Gasteiger partial charge is 0.508 e. The number of phenols is 1. The summed E-state index contributed by atoms with van der Waals surface area (Å²) in [5, 5.41) is 9.33. The first kappa shape index (κ1) is 16.7. The summed E-state index contributed by atoms with van der Waals surface area (Å²) >= 11 is 0. The first-order chi connectivity index (χ1) is 10.8. The number of amidine groups is 1. The van der Waals surface area contributed by atoms with Gasteiger partial charge in [0, 0.05) is 32.8 Å². The molecule has 1 aromatic carbocycles. The molecule has 1 aliphatic heterocycles. The third-order valence-electron chi connectivity index (χ3n) is 3.22. The molecular weight excluding hydrogens is 303 g/mol. The number of aliphatic imine (C=N–C) groups is 1. The summed E-state index contributed by atoms with van der Waals surface area (Å²) < 4.78 is 26.1. The van der Waals surface area contributed by atoms with E-state index in [0.717, 1.165) is 6.07 Å². The van der Waals surface area contributed by atoms with Gasteiger partial charge in [-0.1, -0.05) is 6.07 Å². The molecule has 0 radical (unpaired) electrons. The Kier molecular flexibility index (Phi) is 4.83. The van der Waals surface area contributed by atoms with Gasteiger partial charge in [-0.25, -0.2) is 4.99 Å². The van der Waals surface area contributed by atoms with Crippen molar-refractivity contribution in [2.24, 2.45) is 4.99 Å². The molecule has 23 heavy (non-hydrogen) atoms. The highest BCUT2D eigenvalue weighted by Crippen LogP contribution is 2.19. The molecule has 0 fully saturated rings. The summed E-state index contributed by atoms with van der Waals surface area (Å²) in [5.74, 6) is -0.209. The topological polar surface area (TPSA) is 56.1 Å². The molecule has 0 saturated carbocycles. The van der Waals surface area contributed by atoms with Gasteiger partial charge in [-0.2, -0.15) is 0 Å². The van der Waals surface area contributed by atoms with E-state index in [1.54, 1.807) is 24.2 Å².